The Morgan fingerprint density at radius 3 is 2.45 bits per heavy atom. The molecule has 1 saturated heterocycles. The first kappa shape index (κ1) is 17.3. The van der Waals surface area contributed by atoms with Gasteiger partial charge in [-0.2, -0.15) is 0 Å². The van der Waals surface area contributed by atoms with Crippen LogP contribution in [0.2, 0.25) is 0 Å². The van der Waals surface area contributed by atoms with Gasteiger partial charge in [0.15, 0.2) is 0 Å². The maximum Gasteiger partial charge on any atom is 0.225 e. The Morgan fingerprint density at radius 1 is 1.14 bits per heavy atom. The standard InChI is InChI=1S/C17H30N2O3/c18-16(21)17(9-11-22-12-10-17)13-19-15(20)8-4-7-14-5-2-1-3-6-14/h14H,1-13H2,(H2,18,21)(H,19,20). The number of amides is 2. The lowest BCUT2D eigenvalue weighted by Crippen LogP contribution is -2.49. The molecule has 0 atom stereocenters. The fourth-order valence-corrected chi connectivity index (χ4v) is 3.66. The number of primary amides is 1. The van der Waals surface area contributed by atoms with Crippen LogP contribution in [-0.4, -0.2) is 31.6 Å². The number of carbonyl (C=O) groups excluding carboxylic acids is 2. The summed E-state index contributed by atoms with van der Waals surface area (Å²) in [5, 5.41) is 2.92. The third-order valence-corrected chi connectivity index (χ3v) is 5.34. The molecule has 0 aromatic heterocycles. The normalized spacial score (nSPS) is 22.2. The van der Waals surface area contributed by atoms with Gasteiger partial charge in [-0.1, -0.05) is 32.1 Å². The van der Waals surface area contributed by atoms with Gasteiger partial charge in [0, 0.05) is 26.2 Å². The summed E-state index contributed by atoms with van der Waals surface area (Å²) in [5.74, 6) is 0.537. The van der Waals surface area contributed by atoms with Crippen LogP contribution in [0.3, 0.4) is 0 Å². The minimum Gasteiger partial charge on any atom is -0.381 e. The summed E-state index contributed by atoms with van der Waals surface area (Å²) in [6, 6.07) is 0. The van der Waals surface area contributed by atoms with Gasteiger partial charge in [-0.05, 0) is 31.6 Å². The van der Waals surface area contributed by atoms with E-state index in [1.807, 2.05) is 0 Å². The van der Waals surface area contributed by atoms with Gasteiger partial charge < -0.3 is 15.8 Å². The van der Waals surface area contributed by atoms with E-state index in [1.165, 1.54) is 32.1 Å². The fourth-order valence-electron chi connectivity index (χ4n) is 3.66. The van der Waals surface area contributed by atoms with E-state index in [4.69, 9.17) is 10.5 Å². The van der Waals surface area contributed by atoms with Crippen molar-refractivity contribution in [2.24, 2.45) is 17.1 Å². The van der Waals surface area contributed by atoms with Crippen LogP contribution in [0.4, 0.5) is 0 Å². The molecule has 0 aromatic carbocycles. The molecule has 2 fully saturated rings. The van der Waals surface area contributed by atoms with Crippen LogP contribution in [0.25, 0.3) is 0 Å². The second-order valence-electron chi connectivity index (χ2n) is 6.93. The molecule has 2 aliphatic rings. The van der Waals surface area contributed by atoms with Crippen molar-refractivity contribution in [3.8, 4) is 0 Å². The third-order valence-electron chi connectivity index (χ3n) is 5.34. The van der Waals surface area contributed by atoms with Crippen LogP contribution in [-0.2, 0) is 14.3 Å². The van der Waals surface area contributed by atoms with E-state index in [0.29, 0.717) is 39.0 Å². The molecule has 5 nitrogen and oxygen atoms in total. The van der Waals surface area contributed by atoms with Gasteiger partial charge in [0.2, 0.25) is 11.8 Å². The first-order valence-electron chi connectivity index (χ1n) is 8.77. The first-order chi connectivity index (χ1) is 10.6. The van der Waals surface area contributed by atoms with Crippen LogP contribution >= 0.6 is 0 Å². The lowest BCUT2D eigenvalue weighted by molar-refractivity contribution is -0.134. The van der Waals surface area contributed by atoms with Crippen LogP contribution in [0, 0.1) is 11.3 Å². The van der Waals surface area contributed by atoms with Crippen LogP contribution in [0.5, 0.6) is 0 Å². The molecule has 2 rings (SSSR count). The molecule has 126 valence electrons. The van der Waals surface area contributed by atoms with Crippen molar-refractivity contribution in [2.45, 2.75) is 64.2 Å². The third kappa shape index (κ3) is 4.97. The summed E-state index contributed by atoms with van der Waals surface area (Å²) >= 11 is 0. The summed E-state index contributed by atoms with van der Waals surface area (Å²) in [4.78, 5) is 23.7. The molecule has 0 unspecified atom stereocenters. The lowest BCUT2D eigenvalue weighted by Gasteiger charge is -2.34. The van der Waals surface area contributed by atoms with Gasteiger partial charge in [-0.15, -0.1) is 0 Å². The number of hydrogen-bond acceptors (Lipinski definition) is 3. The molecule has 0 radical (unpaired) electrons. The number of nitrogens with one attached hydrogen (secondary N) is 1. The Kier molecular flexibility index (Phi) is 6.68. The highest BCUT2D eigenvalue weighted by Gasteiger charge is 2.38. The highest BCUT2D eigenvalue weighted by atomic mass is 16.5. The van der Waals surface area contributed by atoms with Gasteiger partial charge in [0.05, 0.1) is 5.41 Å². The number of hydrogen-bond donors (Lipinski definition) is 2. The van der Waals surface area contributed by atoms with Gasteiger partial charge in [-0.3, -0.25) is 9.59 Å². The number of ether oxygens (including phenoxy) is 1. The average Bonchev–Trinajstić information content (AvgIpc) is 2.55. The molecule has 2 amide bonds. The minimum atomic E-state index is -0.614. The molecule has 1 saturated carbocycles. The molecule has 0 bridgehead atoms. The largest absolute Gasteiger partial charge is 0.381 e. The van der Waals surface area contributed by atoms with Gasteiger partial charge in [-0.25, -0.2) is 0 Å². The van der Waals surface area contributed by atoms with Crippen LogP contribution in [0.1, 0.15) is 64.2 Å². The Bertz CT molecular complexity index is 372. The first-order valence-corrected chi connectivity index (χ1v) is 8.77. The SMILES string of the molecule is NC(=O)C1(CNC(=O)CCCC2CCCCC2)CCOCC1. The minimum absolute atomic E-state index is 0.0444. The van der Waals surface area contributed by atoms with Crippen LogP contribution < -0.4 is 11.1 Å². The molecule has 0 spiro atoms. The molecular formula is C17H30N2O3. The zero-order valence-corrected chi connectivity index (χ0v) is 13.6. The number of carbonyl (C=O) groups is 2. The fraction of sp³-hybridized carbons (Fsp3) is 0.882. The summed E-state index contributed by atoms with van der Waals surface area (Å²) in [7, 11) is 0. The summed E-state index contributed by atoms with van der Waals surface area (Å²) in [6.07, 6.45) is 10.6. The van der Waals surface area contributed by atoms with E-state index in [0.717, 1.165) is 18.8 Å². The van der Waals surface area contributed by atoms with Gasteiger partial charge in [0.25, 0.3) is 0 Å². The maximum absolute atomic E-state index is 12.0. The smallest absolute Gasteiger partial charge is 0.225 e. The topological polar surface area (TPSA) is 81.4 Å². The van der Waals surface area contributed by atoms with Gasteiger partial charge >= 0.3 is 0 Å². The Labute approximate surface area is 133 Å². The number of nitrogens with two attached hydrogens (primary N) is 1. The van der Waals surface area contributed by atoms with Crippen molar-refractivity contribution in [3.05, 3.63) is 0 Å². The molecule has 3 N–H and O–H groups in total. The van der Waals surface area contributed by atoms with Crippen molar-refractivity contribution in [3.63, 3.8) is 0 Å². The maximum atomic E-state index is 12.0. The van der Waals surface area contributed by atoms with Crippen molar-refractivity contribution in [2.75, 3.05) is 19.8 Å². The van der Waals surface area contributed by atoms with E-state index in [9.17, 15) is 9.59 Å². The number of rotatable bonds is 7. The predicted octanol–water partition coefficient (Wildman–Crippen LogP) is 2.14. The van der Waals surface area contributed by atoms with Crippen molar-refractivity contribution >= 4 is 11.8 Å². The van der Waals surface area contributed by atoms with Crippen LogP contribution in [0.15, 0.2) is 0 Å². The van der Waals surface area contributed by atoms with E-state index in [1.54, 1.807) is 0 Å². The predicted molar refractivity (Wildman–Crippen MR) is 85.1 cm³/mol. The highest BCUT2D eigenvalue weighted by molar-refractivity contribution is 5.82. The molecule has 1 heterocycles. The van der Waals surface area contributed by atoms with E-state index >= 15 is 0 Å². The van der Waals surface area contributed by atoms with Crippen molar-refractivity contribution in [1.82, 2.24) is 5.32 Å². The van der Waals surface area contributed by atoms with E-state index in [-0.39, 0.29) is 11.8 Å². The Morgan fingerprint density at radius 2 is 1.82 bits per heavy atom. The molecule has 1 aliphatic carbocycles. The zero-order chi connectivity index (χ0) is 15.8. The van der Waals surface area contributed by atoms with E-state index < -0.39 is 5.41 Å². The highest BCUT2D eigenvalue weighted by Crippen LogP contribution is 2.30. The second-order valence-corrected chi connectivity index (χ2v) is 6.93. The molecule has 0 aromatic rings. The molecule has 1 aliphatic heterocycles. The lowest BCUT2D eigenvalue weighted by atomic mass is 9.79. The van der Waals surface area contributed by atoms with Crippen molar-refractivity contribution in [1.29, 1.82) is 0 Å². The zero-order valence-electron chi connectivity index (χ0n) is 13.6. The quantitative estimate of drug-likeness (QED) is 0.756. The summed E-state index contributed by atoms with van der Waals surface area (Å²) in [5.41, 5.74) is 4.93. The average molecular weight is 310 g/mol. The van der Waals surface area contributed by atoms with Gasteiger partial charge in [0.1, 0.15) is 0 Å². The summed E-state index contributed by atoms with van der Waals surface area (Å²) in [6.45, 7) is 1.44. The van der Waals surface area contributed by atoms with E-state index in [2.05, 4.69) is 5.32 Å². The Hall–Kier alpha value is -1.10. The monoisotopic (exact) mass is 310 g/mol. The second kappa shape index (κ2) is 8.51. The molecule has 22 heavy (non-hydrogen) atoms. The molecular weight excluding hydrogens is 280 g/mol. The Balaban J connectivity index is 1.66. The summed E-state index contributed by atoms with van der Waals surface area (Å²) < 4.78 is 5.29. The molecule has 5 heteroatoms. The van der Waals surface area contributed by atoms with Crippen molar-refractivity contribution < 1.29 is 14.3 Å².